The van der Waals surface area contributed by atoms with Crippen LogP contribution in [0.1, 0.15) is 75.6 Å². The summed E-state index contributed by atoms with van der Waals surface area (Å²) in [5.41, 5.74) is -2.00. The molecule has 4 aliphatic rings. The molecule has 2 saturated heterocycles. The molecule has 10 atom stereocenters. The van der Waals surface area contributed by atoms with E-state index in [1.807, 2.05) is 0 Å². The van der Waals surface area contributed by atoms with Gasteiger partial charge in [-0.25, -0.2) is 0 Å². The Balaban J connectivity index is 1.64. The van der Waals surface area contributed by atoms with Crippen LogP contribution in [0.5, 0.6) is 11.5 Å². The van der Waals surface area contributed by atoms with Crippen molar-refractivity contribution in [1.82, 2.24) is 0 Å². The molecule has 2 N–H and O–H groups in total. The first-order valence-corrected chi connectivity index (χ1v) is 15.3. The third kappa shape index (κ3) is 6.49. The molecular formula is C32H38O16. The van der Waals surface area contributed by atoms with Crippen LogP contribution in [0, 0.1) is 11.8 Å². The summed E-state index contributed by atoms with van der Waals surface area (Å²) >= 11 is 0. The summed E-state index contributed by atoms with van der Waals surface area (Å²) in [6.45, 7) is 8.73. The molecule has 0 aromatic heterocycles. The Morgan fingerprint density at radius 1 is 0.792 bits per heavy atom. The number of hydrogen-bond donors (Lipinski definition) is 2. The second-order valence-corrected chi connectivity index (χ2v) is 12.9. The normalized spacial score (nSPS) is 35.0. The fourth-order valence-electron chi connectivity index (χ4n) is 7.26. The zero-order valence-corrected chi connectivity index (χ0v) is 27.4. The Hall–Kier alpha value is -4.12. The molecule has 0 radical (unpaired) electrons. The summed E-state index contributed by atoms with van der Waals surface area (Å²) in [5, 5.41) is 21.3. The van der Waals surface area contributed by atoms with Gasteiger partial charge in [0.2, 0.25) is 0 Å². The summed E-state index contributed by atoms with van der Waals surface area (Å²) in [6, 6.07) is 2.19. The van der Waals surface area contributed by atoms with Crippen molar-refractivity contribution in [1.29, 1.82) is 0 Å². The van der Waals surface area contributed by atoms with Crippen molar-refractivity contribution in [3.63, 3.8) is 0 Å². The SMILES string of the molecule is CC(=O)OC[C@H]1O[C@@H](O[C@@H]2[C@@H]3C(=O)c4c(O)ccc(O)c4C(=O)[C@@H]3C[C@@]3(C)OC(C)(C)O[C@@H]23)[C@H](OC(C)=O)[C@@H](OC(C)=O)[C@@H]1OC(C)=O. The summed E-state index contributed by atoms with van der Waals surface area (Å²) in [7, 11) is 0. The van der Waals surface area contributed by atoms with E-state index in [0.717, 1.165) is 39.8 Å². The highest BCUT2D eigenvalue weighted by atomic mass is 16.8. The van der Waals surface area contributed by atoms with Crippen LogP contribution in [0.3, 0.4) is 0 Å². The Kier molecular flexibility index (Phi) is 9.33. The maximum atomic E-state index is 14.2. The molecule has 0 unspecified atom stereocenters. The number of benzene rings is 1. The van der Waals surface area contributed by atoms with Gasteiger partial charge in [0.25, 0.3) is 0 Å². The van der Waals surface area contributed by atoms with Crippen molar-refractivity contribution in [3.8, 4) is 11.5 Å². The zero-order valence-electron chi connectivity index (χ0n) is 27.4. The van der Waals surface area contributed by atoms with Gasteiger partial charge in [-0.3, -0.25) is 28.8 Å². The smallest absolute Gasteiger partial charge is 0.303 e. The number of fused-ring (bicyclic) bond motifs is 3. The molecule has 1 saturated carbocycles. The van der Waals surface area contributed by atoms with Gasteiger partial charge in [-0.2, -0.15) is 0 Å². The van der Waals surface area contributed by atoms with Crippen LogP contribution in [0.2, 0.25) is 0 Å². The number of Topliss-reactive ketones (excluding diaryl/α,β-unsaturated/α-hetero) is 2. The summed E-state index contributed by atoms with van der Waals surface area (Å²) in [6.07, 6.45) is -10.3. The van der Waals surface area contributed by atoms with Crippen LogP contribution in [0.15, 0.2) is 12.1 Å². The fourth-order valence-corrected chi connectivity index (χ4v) is 7.26. The van der Waals surface area contributed by atoms with Crippen LogP contribution >= 0.6 is 0 Å². The number of hydrogen-bond acceptors (Lipinski definition) is 16. The molecule has 16 heteroatoms. The number of aromatic hydroxyl groups is 2. The van der Waals surface area contributed by atoms with E-state index in [1.165, 1.54) is 0 Å². The summed E-state index contributed by atoms with van der Waals surface area (Å²) in [5.74, 6) is -9.43. The van der Waals surface area contributed by atoms with Gasteiger partial charge < -0.3 is 48.1 Å². The van der Waals surface area contributed by atoms with E-state index >= 15 is 0 Å². The molecule has 5 rings (SSSR count). The Labute approximate surface area is 274 Å². The first kappa shape index (κ1) is 35.2. The monoisotopic (exact) mass is 678 g/mol. The minimum absolute atomic E-state index is 0.0384. The van der Waals surface area contributed by atoms with Crippen molar-refractivity contribution >= 4 is 35.4 Å². The van der Waals surface area contributed by atoms with E-state index < -0.39 is 125 Å². The van der Waals surface area contributed by atoms with Gasteiger partial charge in [-0.1, -0.05) is 0 Å². The highest BCUT2D eigenvalue weighted by Gasteiger charge is 2.66. The molecule has 1 aromatic carbocycles. The number of esters is 4. The third-order valence-corrected chi connectivity index (χ3v) is 8.74. The highest BCUT2D eigenvalue weighted by molar-refractivity contribution is 6.19. The molecule has 2 aliphatic carbocycles. The second-order valence-electron chi connectivity index (χ2n) is 12.9. The third-order valence-electron chi connectivity index (χ3n) is 8.74. The van der Waals surface area contributed by atoms with Crippen LogP contribution in [-0.2, 0) is 57.1 Å². The van der Waals surface area contributed by atoms with E-state index in [1.54, 1.807) is 20.8 Å². The summed E-state index contributed by atoms with van der Waals surface area (Å²) in [4.78, 5) is 76.9. The number of phenolic OH excluding ortho intramolecular Hbond substituents is 2. The van der Waals surface area contributed by atoms with Crippen molar-refractivity contribution < 1.29 is 76.9 Å². The molecule has 262 valence electrons. The van der Waals surface area contributed by atoms with E-state index in [2.05, 4.69) is 0 Å². The van der Waals surface area contributed by atoms with Gasteiger partial charge in [0.1, 0.15) is 36.4 Å². The molecular weight excluding hydrogens is 640 g/mol. The van der Waals surface area contributed by atoms with Crippen LogP contribution in [-0.4, -0.2) is 107 Å². The number of ether oxygens (including phenoxy) is 8. The van der Waals surface area contributed by atoms with Gasteiger partial charge >= 0.3 is 23.9 Å². The highest BCUT2D eigenvalue weighted by Crippen LogP contribution is 2.54. The first-order chi connectivity index (χ1) is 22.3. The van der Waals surface area contributed by atoms with E-state index in [0.29, 0.717) is 0 Å². The second kappa shape index (κ2) is 12.7. The lowest BCUT2D eigenvalue weighted by Gasteiger charge is -2.50. The van der Waals surface area contributed by atoms with E-state index in [9.17, 15) is 39.0 Å². The number of ketones is 2. The minimum Gasteiger partial charge on any atom is -0.507 e. The number of carbonyl (C=O) groups excluding carboxylic acids is 6. The van der Waals surface area contributed by atoms with Crippen LogP contribution in [0.4, 0.5) is 0 Å². The summed E-state index contributed by atoms with van der Waals surface area (Å²) < 4.78 is 46.8. The predicted molar refractivity (Wildman–Crippen MR) is 155 cm³/mol. The van der Waals surface area contributed by atoms with Crippen LogP contribution < -0.4 is 0 Å². The molecule has 0 amide bonds. The molecule has 48 heavy (non-hydrogen) atoms. The lowest BCUT2D eigenvalue weighted by molar-refractivity contribution is -0.329. The Bertz CT molecular complexity index is 1530. The first-order valence-electron chi connectivity index (χ1n) is 15.3. The van der Waals surface area contributed by atoms with E-state index in [-0.39, 0.29) is 12.0 Å². The lowest BCUT2D eigenvalue weighted by atomic mass is 9.61. The van der Waals surface area contributed by atoms with Gasteiger partial charge in [-0.15, -0.1) is 0 Å². The molecule has 16 nitrogen and oxygen atoms in total. The topological polar surface area (TPSA) is 217 Å². The lowest BCUT2D eigenvalue weighted by Crippen LogP contribution is -2.66. The molecule has 0 spiro atoms. The maximum absolute atomic E-state index is 14.2. The van der Waals surface area contributed by atoms with Gasteiger partial charge in [0.05, 0.1) is 22.6 Å². The zero-order chi connectivity index (χ0) is 35.5. The van der Waals surface area contributed by atoms with Gasteiger partial charge in [0, 0.05) is 33.6 Å². The average Bonchev–Trinajstić information content (AvgIpc) is 3.22. The largest absolute Gasteiger partial charge is 0.507 e. The van der Waals surface area contributed by atoms with Crippen LogP contribution in [0.25, 0.3) is 0 Å². The molecule has 2 heterocycles. The van der Waals surface area contributed by atoms with Crippen molar-refractivity contribution in [2.24, 2.45) is 11.8 Å². The quantitative estimate of drug-likeness (QED) is 0.237. The van der Waals surface area contributed by atoms with Gasteiger partial charge in [0.15, 0.2) is 42.0 Å². The molecule has 3 fully saturated rings. The predicted octanol–water partition coefficient (Wildman–Crippen LogP) is 1.49. The fraction of sp³-hybridized carbons (Fsp3) is 0.625. The molecule has 1 aromatic rings. The number of rotatable bonds is 7. The average molecular weight is 679 g/mol. The Morgan fingerprint density at radius 2 is 1.33 bits per heavy atom. The van der Waals surface area contributed by atoms with Gasteiger partial charge in [-0.05, 0) is 39.3 Å². The van der Waals surface area contributed by atoms with E-state index in [4.69, 9.17) is 37.9 Å². The molecule has 2 aliphatic heterocycles. The molecule has 0 bridgehead atoms. The number of carbonyl (C=O) groups is 6. The standard InChI is InChI=1S/C32H38O16/c1-12(33)41-11-19-25(42-13(2)34)27(43-14(3)35)28(44-15(4)36)30(45-19)46-26-20-16(10-32(7)29(26)47-31(5,6)48-32)23(39)21-17(37)8-9-18(38)22(21)24(20)40/h8-9,16,19-20,25-30,37-38H,10-11H2,1-7H3/t16-,19-,20+,25-,26-,27+,28-,29+,30+,32-/m1/s1. The number of phenols is 2. The minimum atomic E-state index is -1.71. The Morgan fingerprint density at radius 3 is 1.90 bits per heavy atom. The van der Waals surface area contributed by atoms with Crippen molar-refractivity contribution in [2.75, 3.05) is 6.61 Å². The van der Waals surface area contributed by atoms with Crippen molar-refractivity contribution in [3.05, 3.63) is 23.3 Å². The van der Waals surface area contributed by atoms with Crippen molar-refractivity contribution in [2.45, 2.75) is 109 Å². The maximum Gasteiger partial charge on any atom is 0.303 e.